The maximum absolute atomic E-state index is 11.4. The molecular formula is C12H12BrClN4O3. The average Bonchev–Trinajstić information content (AvgIpc) is 2.88. The van der Waals surface area contributed by atoms with Gasteiger partial charge in [-0.2, -0.15) is 0 Å². The number of rotatable bonds is 6. The standard InChI is InChI=1S/C12H12BrClN4O3/c13-8-5-7(1-2-9(8)14)15-11(12(20)21)10-6-18(3-4-19)17-16-10/h1-2,5-6,11,15,19H,3-4H2,(H,20,21). The number of nitrogens with one attached hydrogen (secondary N) is 1. The maximum atomic E-state index is 11.4. The van der Waals surface area contributed by atoms with Gasteiger partial charge in [-0.25, -0.2) is 9.48 Å². The highest BCUT2D eigenvalue weighted by atomic mass is 79.9. The molecule has 112 valence electrons. The number of anilines is 1. The van der Waals surface area contributed by atoms with Gasteiger partial charge in [-0.3, -0.25) is 0 Å². The van der Waals surface area contributed by atoms with E-state index in [1.807, 2.05) is 0 Å². The lowest BCUT2D eigenvalue weighted by Crippen LogP contribution is -2.21. The minimum Gasteiger partial charge on any atom is -0.479 e. The molecule has 0 aliphatic carbocycles. The number of carbonyl (C=O) groups is 1. The van der Waals surface area contributed by atoms with Crippen LogP contribution in [-0.2, 0) is 11.3 Å². The third kappa shape index (κ3) is 3.93. The molecule has 0 bridgehead atoms. The third-order valence-corrected chi connectivity index (χ3v) is 3.87. The highest BCUT2D eigenvalue weighted by molar-refractivity contribution is 9.10. The molecule has 1 heterocycles. The van der Waals surface area contributed by atoms with Gasteiger partial charge in [0.05, 0.1) is 24.4 Å². The van der Waals surface area contributed by atoms with E-state index in [0.29, 0.717) is 15.2 Å². The van der Waals surface area contributed by atoms with E-state index in [9.17, 15) is 9.90 Å². The van der Waals surface area contributed by atoms with Gasteiger partial charge < -0.3 is 15.5 Å². The summed E-state index contributed by atoms with van der Waals surface area (Å²) in [6.07, 6.45) is 1.48. The predicted octanol–water partition coefficient (Wildman–Crippen LogP) is 1.92. The van der Waals surface area contributed by atoms with Gasteiger partial charge in [-0.1, -0.05) is 16.8 Å². The average molecular weight is 376 g/mol. The predicted molar refractivity (Wildman–Crippen MR) is 80.3 cm³/mol. The third-order valence-electron chi connectivity index (χ3n) is 2.66. The van der Waals surface area contributed by atoms with Crippen LogP contribution in [0.15, 0.2) is 28.9 Å². The van der Waals surface area contributed by atoms with Crippen molar-refractivity contribution in [1.29, 1.82) is 0 Å². The van der Waals surface area contributed by atoms with Crippen LogP contribution in [0.25, 0.3) is 0 Å². The van der Waals surface area contributed by atoms with Crippen LogP contribution in [0.3, 0.4) is 0 Å². The fraction of sp³-hybridized carbons (Fsp3) is 0.250. The van der Waals surface area contributed by atoms with Gasteiger partial charge in [0.1, 0.15) is 5.69 Å². The van der Waals surface area contributed by atoms with Gasteiger partial charge >= 0.3 is 5.97 Å². The van der Waals surface area contributed by atoms with Crippen LogP contribution in [0.4, 0.5) is 5.69 Å². The Morgan fingerprint density at radius 2 is 2.29 bits per heavy atom. The number of aliphatic carboxylic acids is 1. The van der Waals surface area contributed by atoms with E-state index < -0.39 is 12.0 Å². The van der Waals surface area contributed by atoms with Crippen molar-refractivity contribution < 1.29 is 15.0 Å². The molecular weight excluding hydrogens is 364 g/mol. The summed E-state index contributed by atoms with van der Waals surface area (Å²) in [7, 11) is 0. The highest BCUT2D eigenvalue weighted by Gasteiger charge is 2.23. The minimum atomic E-state index is -1.09. The van der Waals surface area contributed by atoms with E-state index in [0.717, 1.165) is 0 Å². The Bertz CT molecular complexity index is 649. The van der Waals surface area contributed by atoms with Crippen molar-refractivity contribution in [1.82, 2.24) is 15.0 Å². The van der Waals surface area contributed by atoms with Crippen molar-refractivity contribution in [3.8, 4) is 0 Å². The zero-order valence-electron chi connectivity index (χ0n) is 10.7. The molecule has 0 saturated heterocycles. The van der Waals surface area contributed by atoms with Crippen molar-refractivity contribution in [3.05, 3.63) is 39.6 Å². The SMILES string of the molecule is O=C(O)C(Nc1ccc(Cl)c(Br)c1)c1cn(CCO)nn1. The fourth-order valence-corrected chi connectivity index (χ4v) is 2.17. The van der Waals surface area contributed by atoms with Crippen molar-refractivity contribution >= 4 is 39.2 Å². The molecule has 3 N–H and O–H groups in total. The minimum absolute atomic E-state index is 0.0991. The summed E-state index contributed by atoms with van der Waals surface area (Å²) in [4.78, 5) is 11.4. The Morgan fingerprint density at radius 1 is 1.52 bits per heavy atom. The quantitative estimate of drug-likeness (QED) is 0.713. The number of aliphatic hydroxyl groups is 1. The zero-order chi connectivity index (χ0) is 15.4. The summed E-state index contributed by atoms with van der Waals surface area (Å²) in [5.41, 5.74) is 0.831. The van der Waals surface area contributed by atoms with Gasteiger partial charge in [0.25, 0.3) is 0 Å². The van der Waals surface area contributed by atoms with Crippen LogP contribution in [-0.4, -0.2) is 37.8 Å². The number of aliphatic hydroxyl groups excluding tert-OH is 1. The number of aromatic nitrogens is 3. The molecule has 0 saturated carbocycles. The van der Waals surface area contributed by atoms with Crippen LogP contribution >= 0.6 is 27.5 Å². The van der Waals surface area contributed by atoms with Gasteiger partial charge in [-0.15, -0.1) is 5.10 Å². The van der Waals surface area contributed by atoms with Crippen LogP contribution in [0.2, 0.25) is 5.02 Å². The van der Waals surface area contributed by atoms with E-state index in [1.165, 1.54) is 10.9 Å². The van der Waals surface area contributed by atoms with Crippen molar-refractivity contribution in [2.45, 2.75) is 12.6 Å². The van der Waals surface area contributed by atoms with E-state index in [4.69, 9.17) is 16.7 Å². The number of nitrogens with zero attached hydrogens (tertiary/aromatic N) is 3. The van der Waals surface area contributed by atoms with Gasteiger partial charge in [0.2, 0.25) is 0 Å². The monoisotopic (exact) mass is 374 g/mol. The Morgan fingerprint density at radius 3 is 2.90 bits per heavy atom. The summed E-state index contributed by atoms with van der Waals surface area (Å²) in [5.74, 6) is -1.09. The summed E-state index contributed by atoms with van der Waals surface area (Å²) in [6.45, 7) is 0.157. The smallest absolute Gasteiger partial charge is 0.332 e. The van der Waals surface area contributed by atoms with E-state index >= 15 is 0 Å². The lowest BCUT2D eigenvalue weighted by molar-refractivity contribution is -0.138. The van der Waals surface area contributed by atoms with Crippen LogP contribution in [0, 0.1) is 0 Å². The fourth-order valence-electron chi connectivity index (χ4n) is 1.67. The Hall–Kier alpha value is -1.64. The van der Waals surface area contributed by atoms with E-state index in [-0.39, 0.29) is 18.8 Å². The molecule has 1 unspecified atom stereocenters. The number of hydrogen-bond donors (Lipinski definition) is 3. The Balaban J connectivity index is 2.22. The van der Waals surface area contributed by atoms with Crippen LogP contribution < -0.4 is 5.32 Å². The normalized spacial score (nSPS) is 12.1. The first-order valence-corrected chi connectivity index (χ1v) is 7.13. The molecule has 1 aromatic carbocycles. The highest BCUT2D eigenvalue weighted by Crippen LogP contribution is 2.27. The molecule has 7 nitrogen and oxygen atoms in total. The van der Waals surface area contributed by atoms with Crippen LogP contribution in [0.1, 0.15) is 11.7 Å². The molecule has 0 spiro atoms. The van der Waals surface area contributed by atoms with Gasteiger partial charge in [-0.05, 0) is 34.1 Å². The largest absolute Gasteiger partial charge is 0.479 e. The topological polar surface area (TPSA) is 100 Å². The van der Waals surface area contributed by atoms with E-state index in [2.05, 4.69) is 31.6 Å². The zero-order valence-corrected chi connectivity index (χ0v) is 13.0. The number of carboxylic acids is 1. The summed E-state index contributed by atoms with van der Waals surface area (Å²) in [5, 5.41) is 29.1. The number of halogens is 2. The lowest BCUT2D eigenvalue weighted by Gasteiger charge is -2.13. The molecule has 0 radical (unpaired) electrons. The van der Waals surface area contributed by atoms with Crippen molar-refractivity contribution in [3.63, 3.8) is 0 Å². The lowest BCUT2D eigenvalue weighted by atomic mass is 10.2. The molecule has 2 rings (SSSR count). The number of benzene rings is 1. The van der Waals surface area contributed by atoms with Gasteiger partial charge in [0, 0.05) is 10.2 Å². The van der Waals surface area contributed by atoms with Crippen molar-refractivity contribution in [2.24, 2.45) is 0 Å². The van der Waals surface area contributed by atoms with Crippen LogP contribution in [0.5, 0.6) is 0 Å². The molecule has 21 heavy (non-hydrogen) atoms. The summed E-state index contributed by atoms with van der Waals surface area (Å²) >= 11 is 9.17. The second kappa shape index (κ2) is 6.88. The first-order valence-electron chi connectivity index (χ1n) is 5.96. The molecule has 0 fully saturated rings. The van der Waals surface area contributed by atoms with E-state index in [1.54, 1.807) is 18.2 Å². The number of hydrogen-bond acceptors (Lipinski definition) is 5. The maximum Gasteiger partial charge on any atom is 0.332 e. The molecule has 0 aliphatic rings. The Kier molecular flexibility index (Phi) is 5.16. The summed E-state index contributed by atoms with van der Waals surface area (Å²) in [6, 6.07) is 3.94. The van der Waals surface area contributed by atoms with Gasteiger partial charge in [0.15, 0.2) is 6.04 Å². The molecule has 1 atom stereocenters. The molecule has 0 amide bonds. The molecule has 1 aromatic heterocycles. The second-order valence-electron chi connectivity index (χ2n) is 4.17. The first kappa shape index (κ1) is 15.7. The second-order valence-corrected chi connectivity index (χ2v) is 5.44. The first-order chi connectivity index (χ1) is 10.0. The van der Waals surface area contributed by atoms with Crippen molar-refractivity contribution in [2.75, 3.05) is 11.9 Å². The Labute approximate surface area is 133 Å². The summed E-state index contributed by atoms with van der Waals surface area (Å²) < 4.78 is 2.03. The molecule has 9 heteroatoms. The molecule has 0 aliphatic heterocycles. The number of carboxylic acid groups (broad SMARTS) is 1. The molecule has 2 aromatic rings.